The number of ether oxygens (including phenoxy) is 1. The zero-order chi connectivity index (χ0) is 22.6. The average Bonchev–Trinajstić information content (AvgIpc) is 3.59. The Hall–Kier alpha value is -4.13. The van der Waals surface area contributed by atoms with Gasteiger partial charge in [0, 0.05) is 29.6 Å². The fourth-order valence-corrected chi connectivity index (χ4v) is 3.51. The van der Waals surface area contributed by atoms with Crippen molar-refractivity contribution in [3.8, 4) is 28.8 Å². The molecule has 0 aliphatic heterocycles. The lowest BCUT2D eigenvalue weighted by Crippen LogP contribution is -2.06. The minimum Gasteiger partial charge on any atom is -0.471 e. The Kier molecular flexibility index (Phi) is 5.76. The number of furan rings is 1. The van der Waals surface area contributed by atoms with Crippen molar-refractivity contribution in [2.24, 2.45) is 0 Å². The van der Waals surface area contributed by atoms with E-state index in [0.717, 1.165) is 28.9 Å². The van der Waals surface area contributed by atoms with E-state index < -0.39 is 0 Å². The molecule has 0 atom stereocenters. The van der Waals surface area contributed by atoms with Gasteiger partial charge in [-0.05, 0) is 31.0 Å². The summed E-state index contributed by atoms with van der Waals surface area (Å²) in [5.41, 5.74) is 4.72. The van der Waals surface area contributed by atoms with Gasteiger partial charge in [0.15, 0.2) is 5.76 Å². The monoisotopic (exact) mass is 439 g/mol. The van der Waals surface area contributed by atoms with Crippen LogP contribution in [-0.2, 0) is 19.6 Å². The van der Waals surface area contributed by atoms with Gasteiger partial charge >= 0.3 is 0 Å². The van der Waals surface area contributed by atoms with Crippen LogP contribution in [0.4, 0.5) is 0 Å². The summed E-state index contributed by atoms with van der Waals surface area (Å²) in [6.45, 7) is 4.84. The van der Waals surface area contributed by atoms with E-state index in [2.05, 4.69) is 23.0 Å². The summed E-state index contributed by atoms with van der Waals surface area (Å²) < 4.78 is 18.8. The van der Waals surface area contributed by atoms with Crippen molar-refractivity contribution in [3.63, 3.8) is 0 Å². The van der Waals surface area contributed by atoms with Gasteiger partial charge in [-0.2, -0.15) is 5.10 Å². The normalized spacial score (nSPS) is 11.1. The lowest BCUT2D eigenvalue weighted by Gasteiger charge is -2.07. The molecule has 7 nitrogen and oxygen atoms in total. The van der Waals surface area contributed by atoms with Crippen LogP contribution < -0.4 is 4.74 Å². The average molecular weight is 439 g/mol. The second-order valence-electron chi connectivity index (χ2n) is 7.59. The topological polar surface area (TPSA) is 79.1 Å². The first kappa shape index (κ1) is 20.8. The van der Waals surface area contributed by atoms with E-state index in [9.17, 15) is 0 Å². The van der Waals surface area contributed by atoms with E-state index >= 15 is 0 Å². The van der Waals surface area contributed by atoms with E-state index in [1.54, 1.807) is 18.4 Å². The molecule has 4 aromatic heterocycles. The summed E-state index contributed by atoms with van der Waals surface area (Å²) in [7, 11) is 0. The van der Waals surface area contributed by atoms with Crippen molar-refractivity contribution in [3.05, 3.63) is 95.8 Å². The second-order valence-corrected chi connectivity index (χ2v) is 7.59. The smallest absolute Gasteiger partial charge is 0.263 e. The molecule has 33 heavy (non-hydrogen) atoms. The van der Waals surface area contributed by atoms with Gasteiger partial charge in [-0.15, -0.1) is 0 Å². The Balaban J connectivity index is 1.25. The fraction of sp³-hybridized carbons (Fsp3) is 0.192. The van der Waals surface area contributed by atoms with Crippen LogP contribution >= 0.6 is 0 Å². The number of rotatable bonds is 8. The third-order valence-electron chi connectivity index (χ3n) is 5.29. The van der Waals surface area contributed by atoms with Crippen molar-refractivity contribution in [1.82, 2.24) is 19.7 Å². The van der Waals surface area contributed by atoms with Gasteiger partial charge in [-0.3, -0.25) is 4.68 Å². The molecule has 4 heterocycles. The molecule has 5 aromatic rings. The molecule has 165 valence electrons. The Labute approximate surface area is 191 Å². The molecule has 0 saturated heterocycles. The van der Waals surface area contributed by atoms with Crippen LogP contribution in [0.5, 0.6) is 5.88 Å². The third-order valence-corrected chi connectivity index (χ3v) is 5.29. The third kappa shape index (κ3) is 4.57. The van der Waals surface area contributed by atoms with Crippen molar-refractivity contribution in [2.75, 3.05) is 0 Å². The maximum absolute atomic E-state index is 5.82. The maximum atomic E-state index is 5.82. The molecule has 0 saturated carbocycles. The first-order valence-electron chi connectivity index (χ1n) is 10.8. The van der Waals surface area contributed by atoms with E-state index in [4.69, 9.17) is 18.7 Å². The molecule has 1 radical (unpaired) electrons. The summed E-state index contributed by atoms with van der Waals surface area (Å²) in [5.74, 6) is 2.24. The van der Waals surface area contributed by atoms with Crippen LogP contribution in [0.3, 0.4) is 0 Å². The predicted molar refractivity (Wildman–Crippen MR) is 122 cm³/mol. The maximum Gasteiger partial charge on any atom is 0.263 e. The number of hydrogen-bond donors (Lipinski definition) is 0. The molecule has 7 heteroatoms. The van der Waals surface area contributed by atoms with E-state index in [0.29, 0.717) is 35.5 Å². The first-order chi connectivity index (χ1) is 16.2. The van der Waals surface area contributed by atoms with Gasteiger partial charge < -0.3 is 13.6 Å². The number of aromatic nitrogens is 4. The Morgan fingerprint density at radius 3 is 2.67 bits per heavy atom. The molecule has 0 aliphatic carbocycles. The van der Waals surface area contributed by atoms with E-state index in [1.807, 2.05) is 60.3 Å². The standard InChI is InChI=1S/C26H23N4O3/c1-3-21-14-22(20-8-5-4-6-9-20)29-30(21)16-19-11-12-25(27-15-19)32-17-23-18(2)33-26(28-23)24-10-7-13-31-24/h4-13,15H,3,16-17H2,1-2H3. The molecule has 0 bridgehead atoms. The van der Waals surface area contributed by atoms with Gasteiger partial charge in [-0.25, -0.2) is 9.97 Å². The number of nitrogens with zero attached hydrogens (tertiary/aromatic N) is 4. The molecular formula is C26H23N4O3. The van der Waals surface area contributed by atoms with Crippen molar-refractivity contribution in [1.29, 1.82) is 0 Å². The number of aryl methyl sites for hydroxylation is 2. The van der Waals surface area contributed by atoms with Crippen LogP contribution in [0, 0.1) is 13.0 Å². The molecule has 0 unspecified atom stereocenters. The molecule has 0 spiro atoms. The van der Waals surface area contributed by atoms with Gasteiger partial charge in [-0.1, -0.05) is 43.3 Å². The highest BCUT2D eigenvalue weighted by Crippen LogP contribution is 2.23. The SMILES string of the molecule is CCc1[c]c(-c2ccccc2)nn1Cc1ccc(OCc2nc(-c3ccco3)oc2C)nc1. The van der Waals surface area contributed by atoms with Crippen LogP contribution in [0.1, 0.15) is 29.6 Å². The molecule has 1 aromatic carbocycles. The van der Waals surface area contributed by atoms with Crippen LogP contribution in [-0.4, -0.2) is 19.7 Å². The van der Waals surface area contributed by atoms with Gasteiger partial charge in [0.2, 0.25) is 5.88 Å². The van der Waals surface area contributed by atoms with Crippen molar-refractivity contribution in [2.45, 2.75) is 33.4 Å². The Bertz CT molecular complexity index is 1320. The van der Waals surface area contributed by atoms with E-state index in [-0.39, 0.29) is 6.61 Å². The number of pyridine rings is 1. The highest BCUT2D eigenvalue weighted by atomic mass is 16.5. The molecule has 0 fully saturated rings. The number of hydrogen-bond acceptors (Lipinski definition) is 6. The first-order valence-corrected chi connectivity index (χ1v) is 10.8. The van der Waals surface area contributed by atoms with Crippen LogP contribution in [0.2, 0.25) is 0 Å². The van der Waals surface area contributed by atoms with Crippen molar-refractivity contribution >= 4 is 0 Å². The molecular weight excluding hydrogens is 416 g/mol. The molecule has 5 rings (SSSR count). The number of benzene rings is 1. The largest absolute Gasteiger partial charge is 0.471 e. The zero-order valence-electron chi connectivity index (χ0n) is 18.5. The minimum absolute atomic E-state index is 0.261. The quantitative estimate of drug-likeness (QED) is 0.318. The Morgan fingerprint density at radius 1 is 1.06 bits per heavy atom. The molecule has 0 aliphatic rings. The van der Waals surface area contributed by atoms with Crippen molar-refractivity contribution < 1.29 is 13.6 Å². The van der Waals surface area contributed by atoms with Crippen LogP contribution in [0.15, 0.2) is 75.9 Å². The summed E-state index contributed by atoms with van der Waals surface area (Å²) in [6, 6.07) is 21.0. The molecule has 0 N–H and O–H groups in total. The highest BCUT2D eigenvalue weighted by Gasteiger charge is 2.14. The molecule has 0 amide bonds. The summed E-state index contributed by atoms with van der Waals surface area (Å²) in [6.07, 6.45) is 4.25. The Morgan fingerprint density at radius 2 is 1.94 bits per heavy atom. The lowest BCUT2D eigenvalue weighted by molar-refractivity contribution is 0.287. The second kappa shape index (κ2) is 9.16. The highest BCUT2D eigenvalue weighted by molar-refractivity contribution is 5.58. The zero-order valence-corrected chi connectivity index (χ0v) is 18.5. The van der Waals surface area contributed by atoms with E-state index in [1.165, 1.54) is 0 Å². The minimum atomic E-state index is 0.261. The lowest BCUT2D eigenvalue weighted by atomic mass is 10.1. The van der Waals surface area contributed by atoms with Gasteiger partial charge in [0.05, 0.1) is 12.8 Å². The fourth-order valence-electron chi connectivity index (χ4n) is 3.51. The summed E-state index contributed by atoms with van der Waals surface area (Å²) in [4.78, 5) is 8.91. The number of oxazole rings is 1. The van der Waals surface area contributed by atoms with Gasteiger partial charge in [0.25, 0.3) is 5.89 Å². The van der Waals surface area contributed by atoms with Crippen LogP contribution in [0.25, 0.3) is 22.9 Å². The summed E-state index contributed by atoms with van der Waals surface area (Å²) in [5, 5.41) is 4.75. The predicted octanol–water partition coefficient (Wildman–Crippen LogP) is 5.49. The summed E-state index contributed by atoms with van der Waals surface area (Å²) >= 11 is 0. The van der Waals surface area contributed by atoms with Gasteiger partial charge in [0.1, 0.15) is 23.8 Å².